The maximum atomic E-state index is 12.4. The summed E-state index contributed by atoms with van der Waals surface area (Å²) in [4.78, 5) is 23.7. The molecule has 6 nitrogen and oxygen atoms in total. The van der Waals surface area contributed by atoms with Crippen LogP contribution in [0.15, 0.2) is 36.4 Å². The van der Waals surface area contributed by atoms with Crippen LogP contribution in [0.2, 0.25) is 0 Å². The maximum absolute atomic E-state index is 12.4. The van der Waals surface area contributed by atoms with Gasteiger partial charge in [-0.3, -0.25) is 9.59 Å². The Morgan fingerprint density at radius 2 is 1.76 bits per heavy atom. The number of benzene rings is 1. The van der Waals surface area contributed by atoms with E-state index in [9.17, 15) is 14.7 Å². The van der Waals surface area contributed by atoms with Gasteiger partial charge in [-0.1, -0.05) is 12.2 Å². The van der Waals surface area contributed by atoms with E-state index >= 15 is 0 Å². The van der Waals surface area contributed by atoms with E-state index in [4.69, 9.17) is 9.47 Å². The third-order valence-corrected chi connectivity index (χ3v) is 3.84. The van der Waals surface area contributed by atoms with Crippen molar-refractivity contribution in [2.45, 2.75) is 12.2 Å². The van der Waals surface area contributed by atoms with Gasteiger partial charge in [0.15, 0.2) is 0 Å². The lowest BCUT2D eigenvalue weighted by Gasteiger charge is -2.21. The molecule has 4 atom stereocenters. The van der Waals surface area contributed by atoms with Crippen LogP contribution < -0.4 is 10.1 Å². The monoisotopic (exact) mass is 289 g/mol. The molecule has 2 aliphatic heterocycles. The van der Waals surface area contributed by atoms with E-state index in [1.807, 2.05) is 0 Å². The molecule has 0 radical (unpaired) electrons. The molecule has 0 saturated carbocycles. The Labute approximate surface area is 121 Å². The molecule has 0 unspecified atom stereocenters. The molecule has 21 heavy (non-hydrogen) atoms. The minimum atomic E-state index is -1.01. The van der Waals surface area contributed by atoms with Gasteiger partial charge in [-0.2, -0.15) is 0 Å². The van der Waals surface area contributed by atoms with Crippen molar-refractivity contribution < 1.29 is 24.2 Å². The average Bonchev–Trinajstić information content (AvgIpc) is 3.08. The van der Waals surface area contributed by atoms with Crippen LogP contribution in [0.1, 0.15) is 0 Å². The first-order chi connectivity index (χ1) is 10.1. The lowest BCUT2D eigenvalue weighted by Crippen LogP contribution is -2.39. The summed E-state index contributed by atoms with van der Waals surface area (Å²) in [5.41, 5.74) is 0.594. The van der Waals surface area contributed by atoms with Crippen LogP contribution in [-0.2, 0) is 14.3 Å². The predicted octanol–water partition coefficient (Wildman–Crippen LogP) is 1.29. The zero-order valence-electron chi connectivity index (χ0n) is 11.4. The fourth-order valence-electron chi connectivity index (χ4n) is 2.81. The van der Waals surface area contributed by atoms with Crippen LogP contribution in [0.25, 0.3) is 0 Å². The van der Waals surface area contributed by atoms with Crippen molar-refractivity contribution in [1.82, 2.24) is 0 Å². The Morgan fingerprint density at radius 3 is 2.33 bits per heavy atom. The number of methoxy groups -OCH3 is 1. The topological polar surface area (TPSA) is 84.9 Å². The molecule has 110 valence electrons. The third-order valence-electron chi connectivity index (χ3n) is 3.84. The number of aliphatic carboxylic acids is 1. The van der Waals surface area contributed by atoms with Crippen LogP contribution >= 0.6 is 0 Å². The van der Waals surface area contributed by atoms with Crippen LogP contribution in [0.3, 0.4) is 0 Å². The summed E-state index contributed by atoms with van der Waals surface area (Å²) >= 11 is 0. The Kier molecular flexibility index (Phi) is 3.39. The number of fused-ring (bicyclic) bond motifs is 2. The minimum absolute atomic E-state index is 0.343. The molecule has 2 N–H and O–H groups in total. The Balaban J connectivity index is 1.75. The van der Waals surface area contributed by atoms with Crippen LogP contribution in [-0.4, -0.2) is 36.3 Å². The number of carbonyl (C=O) groups excluding carboxylic acids is 1. The summed E-state index contributed by atoms with van der Waals surface area (Å²) in [6, 6.07) is 6.86. The first kappa shape index (κ1) is 13.6. The highest BCUT2D eigenvalue weighted by atomic mass is 16.5. The van der Waals surface area contributed by atoms with Crippen molar-refractivity contribution in [3.05, 3.63) is 36.4 Å². The first-order valence-corrected chi connectivity index (χ1v) is 6.61. The number of amides is 1. The second-order valence-corrected chi connectivity index (χ2v) is 5.06. The summed E-state index contributed by atoms with van der Waals surface area (Å²) in [6.45, 7) is 0. The first-order valence-electron chi connectivity index (χ1n) is 6.61. The number of hydrogen-bond donors (Lipinski definition) is 2. The molecule has 2 bridgehead atoms. The molecule has 3 rings (SSSR count). The highest BCUT2D eigenvalue weighted by molar-refractivity contribution is 5.96. The number of hydrogen-bond acceptors (Lipinski definition) is 4. The van der Waals surface area contributed by atoms with E-state index in [1.54, 1.807) is 43.5 Å². The van der Waals surface area contributed by atoms with E-state index in [-0.39, 0.29) is 5.91 Å². The lowest BCUT2D eigenvalue weighted by molar-refractivity contribution is -0.145. The second kappa shape index (κ2) is 5.21. The van der Waals surface area contributed by atoms with Crippen molar-refractivity contribution in [3.63, 3.8) is 0 Å². The van der Waals surface area contributed by atoms with Gasteiger partial charge in [-0.05, 0) is 24.3 Å². The van der Waals surface area contributed by atoms with Gasteiger partial charge in [0.05, 0.1) is 25.2 Å². The Hall–Kier alpha value is -2.34. The van der Waals surface area contributed by atoms with Gasteiger partial charge in [-0.15, -0.1) is 0 Å². The zero-order chi connectivity index (χ0) is 15.0. The van der Waals surface area contributed by atoms with Gasteiger partial charge >= 0.3 is 5.97 Å². The van der Waals surface area contributed by atoms with Gasteiger partial charge in [0.1, 0.15) is 11.7 Å². The molecule has 0 spiro atoms. The fraction of sp³-hybridized carbons (Fsp3) is 0.333. The second-order valence-electron chi connectivity index (χ2n) is 5.06. The number of ether oxygens (including phenoxy) is 2. The molecule has 1 aromatic rings. The molecule has 1 amide bonds. The average molecular weight is 289 g/mol. The van der Waals surface area contributed by atoms with E-state index in [1.165, 1.54) is 0 Å². The summed E-state index contributed by atoms with van der Waals surface area (Å²) < 4.78 is 10.5. The Bertz CT molecular complexity index is 595. The van der Waals surface area contributed by atoms with Gasteiger partial charge in [0.2, 0.25) is 5.91 Å². The standard InChI is InChI=1S/C15H15NO5/c1-20-9-4-2-8(3-5-9)16-14(17)12-10-6-7-11(21-10)13(12)15(18)19/h2-7,10-13H,1H3,(H,16,17)(H,18,19)/t10-,11-,12+,13+/m1/s1. The van der Waals surface area contributed by atoms with Crippen molar-refractivity contribution in [1.29, 1.82) is 0 Å². The molecular formula is C15H15NO5. The smallest absolute Gasteiger partial charge is 0.310 e. The number of rotatable bonds is 4. The summed E-state index contributed by atoms with van der Waals surface area (Å²) in [7, 11) is 1.56. The van der Waals surface area contributed by atoms with Gasteiger partial charge < -0.3 is 19.9 Å². The summed E-state index contributed by atoms with van der Waals surface area (Å²) in [5, 5.41) is 12.0. The number of nitrogens with one attached hydrogen (secondary N) is 1. The minimum Gasteiger partial charge on any atom is -0.497 e. The van der Waals surface area contributed by atoms with Crippen molar-refractivity contribution >= 4 is 17.6 Å². The molecule has 1 fully saturated rings. The predicted molar refractivity (Wildman–Crippen MR) is 74.0 cm³/mol. The number of anilines is 1. The van der Waals surface area contributed by atoms with Gasteiger partial charge in [0, 0.05) is 5.69 Å². The molecule has 2 aliphatic rings. The molecule has 0 aromatic heterocycles. The summed E-state index contributed by atoms with van der Waals surface area (Å²) in [5.74, 6) is -2.22. The van der Waals surface area contributed by atoms with E-state index in [0.717, 1.165) is 0 Å². The lowest BCUT2D eigenvalue weighted by atomic mass is 9.82. The third kappa shape index (κ3) is 2.38. The molecule has 2 heterocycles. The Morgan fingerprint density at radius 1 is 1.14 bits per heavy atom. The maximum Gasteiger partial charge on any atom is 0.310 e. The highest BCUT2D eigenvalue weighted by Crippen LogP contribution is 2.39. The normalized spacial score (nSPS) is 29.4. The van der Waals surface area contributed by atoms with Crippen molar-refractivity contribution in [2.24, 2.45) is 11.8 Å². The zero-order valence-corrected chi connectivity index (χ0v) is 11.4. The van der Waals surface area contributed by atoms with Crippen molar-refractivity contribution in [2.75, 3.05) is 12.4 Å². The SMILES string of the molecule is COc1ccc(NC(=O)[C@@H]2[C@@H](C(=O)O)[C@H]3C=C[C@H]2O3)cc1. The molecule has 6 heteroatoms. The molecule has 1 aromatic carbocycles. The van der Waals surface area contributed by atoms with Crippen molar-refractivity contribution in [3.8, 4) is 5.75 Å². The molecule has 0 aliphatic carbocycles. The fourth-order valence-corrected chi connectivity index (χ4v) is 2.81. The highest BCUT2D eigenvalue weighted by Gasteiger charge is 2.53. The number of carboxylic acid groups (broad SMARTS) is 1. The van der Waals surface area contributed by atoms with Crippen LogP contribution in [0.4, 0.5) is 5.69 Å². The molecular weight excluding hydrogens is 274 g/mol. The number of carbonyl (C=O) groups is 2. The van der Waals surface area contributed by atoms with Crippen LogP contribution in [0, 0.1) is 11.8 Å². The quantitative estimate of drug-likeness (QED) is 0.816. The van der Waals surface area contributed by atoms with E-state index in [0.29, 0.717) is 11.4 Å². The summed E-state index contributed by atoms with van der Waals surface area (Å²) in [6.07, 6.45) is 2.48. The molecule has 1 saturated heterocycles. The van der Waals surface area contributed by atoms with E-state index in [2.05, 4.69) is 5.32 Å². The van der Waals surface area contributed by atoms with Gasteiger partial charge in [0.25, 0.3) is 0 Å². The van der Waals surface area contributed by atoms with Crippen LogP contribution in [0.5, 0.6) is 5.75 Å². The van der Waals surface area contributed by atoms with Gasteiger partial charge in [-0.25, -0.2) is 0 Å². The number of carboxylic acids is 1. The van der Waals surface area contributed by atoms with E-state index < -0.39 is 30.0 Å². The largest absolute Gasteiger partial charge is 0.497 e.